The van der Waals surface area contributed by atoms with Crippen LogP contribution in [0.2, 0.25) is 0 Å². The first kappa shape index (κ1) is 15.5. The zero-order valence-corrected chi connectivity index (χ0v) is 17.5. The average Bonchev–Trinajstić information content (AvgIpc) is 2.91. The van der Waals surface area contributed by atoms with E-state index in [1.165, 1.54) is 52.3 Å². The van der Waals surface area contributed by atoms with Gasteiger partial charge in [-0.05, 0) is 119 Å². The lowest BCUT2D eigenvalue weighted by atomic mass is 9.84. The van der Waals surface area contributed by atoms with Crippen LogP contribution in [0.3, 0.4) is 0 Å². The molecule has 0 saturated carbocycles. The van der Waals surface area contributed by atoms with Crippen molar-refractivity contribution >= 4 is 79.0 Å². The Kier molecular flexibility index (Phi) is 4.94. The van der Waals surface area contributed by atoms with E-state index in [1.54, 1.807) is 11.1 Å². The van der Waals surface area contributed by atoms with Crippen molar-refractivity contribution in [2.45, 2.75) is 39.5 Å². The zero-order chi connectivity index (χ0) is 14.3. The van der Waals surface area contributed by atoms with Crippen LogP contribution in [0.4, 0.5) is 0 Å². The summed E-state index contributed by atoms with van der Waals surface area (Å²) in [7, 11) is 0. The largest absolute Gasteiger partial charge is 0.134 e. The fraction of sp³-hybridized carbons (Fsp3) is 0.375. The molecule has 2 heterocycles. The van der Waals surface area contributed by atoms with Crippen molar-refractivity contribution in [3.05, 3.63) is 38.8 Å². The number of hydrogen-bond donors (Lipinski definition) is 0. The Morgan fingerprint density at radius 3 is 1.50 bits per heavy atom. The smallest absolute Gasteiger partial charge is 0.0662 e. The maximum Gasteiger partial charge on any atom is 0.0662 e. The fourth-order valence-electron chi connectivity index (χ4n) is 2.99. The summed E-state index contributed by atoms with van der Waals surface area (Å²) in [5.41, 5.74) is 6.25. The summed E-state index contributed by atoms with van der Waals surface area (Å²) in [6, 6.07) is 4.77. The van der Waals surface area contributed by atoms with E-state index in [-0.39, 0.29) is 0 Å². The third kappa shape index (κ3) is 3.03. The fourth-order valence-corrected chi connectivity index (χ4v) is 7.12. The molecule has 0 saturated heterocycles. The highest BCUT2D eigenvalue weighted by Crippen LogP contribution is 2.43. The second-order valence-electron chi connectivity index (χ2n) is 5.20. The first-order valence-electron chi connectivity index (χ1n) is 6.81. The van der Waals surface area contributed by atoms with Gasteiger partial charge >= 0.3 is 0 Å². The molecule has 20 heavy (non-hydrogen) atoms. The van der Waals surface area contributed by atoms with E-state index in [2.05, 4.69) is 71.2 Å². The van der Waals surface area contributed by atoms with Crippen LogP contribution in [0.25, 0.3) is 11.1 Å². The van der Waals surface area contributed by atoms with Crippen molar-refractivity contribution in [2.75, 3.05) is 0 Å². The Labute approximate surface area is 156 Å². The van der Waals surface area contributed by atoms with E-state index in [0.29, 0.717) is 0 Å². The van der Waals surface area contributed by atoms with E-state index < -0.39 is 0 Å². The van der Waals surface area contributed by atoms with Gasteiger partial charge in [0.2, 0.25) is 0 Å². The van der Waals surface area contributed by atoms with Crippen molar-refractivity contribution in [1.29, 1.82) is 0 Å². The first-order chi connectivity index (χ1) is 9.56. The van der Waals surface area contributed by atoms with Crippen LogP contribution in [0.15, 0.2) is 12.1 Å². The molecule has 2 aromatic rings. The minimum atomic E-state index is 1.24. The molecule has 106 valence electrons. The van der Waals surface area contributed by atoms with Gasteiger partial charge in [0, 0.05) is 9.75 Å². The number of rotatable bonds is 2. The summed E-state index contributed by atoms with van der Waals surface area (Å²) >= 11 is 8.75. The summed E-state index contributed by atoms with van der Waals surface area (Å²) < 4.78 is 2.81. The average molecular weight is 526 g/mol. The number of thiophene rings is 2. The molecule has 0 N–H and O–H groups in total. The van der Waals surface area contributed by atoms with Crippen LogP contribution >= 0.6 is 67.9 Å². The molecule has 2 aromatic heterocycles. The molecule has 0 nitrogen and oxygen atoms in total. The SMILES string of the molecule is Cc1sc(I)cc1C1=C(c2cc(I)sc2C)CCCC1. The highest BCUT2D eigenvalue weighted by atomic mass is 127. The number of allylic oxidation sites excluding steroid dienone is 2. The monoisotopic (exact) mass is 526 g/mol. The van der Waals surface area contributed by atoms with Gasteiger partial charge < -0.3 is 0 Å². The summed E-state index contributed by atoms with van der Waals surface area (Å²) in [5, 5.41) is 0. The zero-order valence-electron chi connectivity index (χ0n) is 11.6. The Morgan fingerprint density at radius 2 is 1.20 bits per heavy atom. The van der Waals surface area contributed by atoms with Crippen molar-refractivity contribution in [3.63, 3.8) is 0 Å². The van der Waals surface area contributed by atoms with E-state index in [0.717, 1.165) is 0 Å². The summed E-state index contributed by atoms with van der Waals surface area (Å²) in [6.07, 6.45) is 5.17. The normalized spacial score (nSPS) is 16.0. The standard InChI is InChI=1S/C16H16I2S2/c1-9-13(7-15(17)19-9)11-5-3-4-6-12(11)14-8-16(18)20-10(14)2/h7-8H,3-6H2,1-2H3. The molecule has 0 bridgehead atoms. The van der Waals surface area contributed by atoms with Gasteiger partial charge in [-0.25, -0.2) is 0 Å². The van der Waals surface area contributed by atoms with Gasteiger partial charge in [0.05, 0.1) is 5.77 Å². The second kappa shape index (κ2) is 6.38. The summed E-state index contributed by atoms with van der Waals surface area (Å²) in [6.45, 7) is 4.54. The number of halogens is 2. The molecule has 0 spiro atoms. The van der Waals surface area contributed by atoms with Gasteiger partial charge in [-0.15, -0.1) is 22.7 Å². The van der Waals surface area contributed by atoms with E-state index in [1.807, 2.05) is 22.7 Å². The maximum atomic E-state index is 2.45. The van der Waals surface area contributed by atoms with Crippen LogP contribution in [0.1, 0.15) is 46.6 Å². The molecule has 3 rings (SSSR count). The second-order valence-corrected chi connectivity index (χ2v) is 11.5. The van der Waals surface area contributed by atoms with Crippen molar-refractivity contribution < 1.29 is 0 Å². The van der Waals surface area contributed by atoms with Crippen LogP contribution in [0, 0.1) is 19.6 Å². The van der Waals surface area contributed by atoms with Gasteiger partial charge in [0.1, 0.15) is 0 Å². The molecule has 4 heteroatoms. The molecule has 0 atom stereocenters. The lowest BCUT2D eigenvalue weighted by molar-refractivity contribution is 0.753. The summed E-state index contributed by atoms with van der Waals surface area (Å²) in [5.74, 6) is 0. The van der Waals surface area contributed by atoms with E-state index >= 15 is 0 Å². The lowest BCUT2D eigenvalue weighted by Crippen LogP contribution is -1.99. The third-order valence-corrected chi connectivity index (χ3v) is 7.52. The predicted octanol–water partition coefficient (Wildman–Crippen LogP) is 7.12. The van der Waals surface area contributed by atoms with Crippen LogP contribution in [0.5, 0.6) is 0 Å². The molecule has 0 aliphatic heterocycles. The van der Waals surface area contributed by atoms with Gasteiger partial charge in [0.25, 0.3) is 0 Å². The Balaban J connectivity index is 2.17. The molecule has 0 radical (unpaired) electrons. The van der Waals surface area contributed by atoms with Gasteiger partial charge in [-0.3, -0.25) is 0 Å². The molecule has 0 amide bonds. The number of hydrogen-bond acceptors (Lipinski definition) is 2. The summed E-state index contributed by atoms with van der Waals surface area (Å²) in [4.78, 5) is 2.96. The molecule has 0 fully saturated rings. The maximum absolute atomic E-state index is 2.45. The van der Waals surface area contributed by atoms with Crippen LogP contribution < -0.4 is 0 Å². The van der Waals surface area contributed by atoms with Gasteiger partial charge in [0.15, 0.2) is 0 Å². The molecule has 0 aromatic carbocycles. The van der Waals surface area contributed by atoms with Crippen LogP contribution in [-0.4, -0.2) is 0 Å². The highest BCUT2D eigenvalue weighted by Gasteiger charge is 2.20. The van der Waals surface area contributed by atoms with Crippen LogP contribution in [-0.2, 0) is 0 Å². The topological polar surface area (TPSA) is 0 Å². The van der Waals surface area contributed by atoms with E-state index in [9.17, 15) is 0 Å². The molecule has 1 aliphatic rings. The molecular formula is C16H16I2S2. The van der Waals surface area contributed by atoms with Gasteiger partial charge in [-0.1, -0.05) is 0 Å². The molecular weight excluding hydrogens is 510 g/mol. The Bertz CT molecular complexity index is 618. The quantitative estimate of drug-likeness (QED) is 0.366. The minimum absolute atomic E-state index is 1.24. The van der Waals surface area contributed by atoms with Gasteiger partial charge in [-0.2, -0.15) is 0 Å². The third-order valence-electron chi connectivity index (χ3n) is 3.89. The number of aryl methyl sites for hydroxylation is 2. The minimum Gasteiger partial charge on any atom is -0.134 e. The van der Waals surface area contributed by atoms with Crippen molar-refractivity contribution in [1.82, 2.24) is 0 Å². The Morgan fingerprint density at radius 1 is 0.800 bits per heavy atom. The Hall–Kier alpha value is 0.600. The lowest BCUT2D eigenvalue weighted by Gasteiger charge is -2.21. The van der Waals surface area contributed by atoms with Crippen molar-refractivity contribution in [2.24, 2.45) is 0 Å². The van der Waals surface area contributed by atoms with E-state index in [4.69, 9.17) is 0 Å². The molecule has 0 unspecified atom stereocenters. The predicted molar refractivity (Wildman–Crippen MR) is 109 cm³/mol. The highest BCUT2D eigenvalue weighted by molar-refractivity contribution is 14.1. The molecule has 1 aliphatic carbocycles. The van der Waals surface area contributed by atoms with Crippen molar-refractivity contribution in [3.8, 4) is 0 Å². The first-order valence-corrected chi connectivity index (χ1v) is 10.6.